The van der Waals surface area contributed by atoms with Crippen LogP contribution in [0.15, 0.2) is 50.2 Å². The number of nitrogens with one attached hydrogen (secondary N) is 1. The van der Waals surface area contributed by atoms with Crippen molar-refractivity contribution < 1.29 is 0 Å². The van der Waals surface area contributed by atoms with Crippen molar-refractivity contribution in [3.63, 3.8) is 0 Å². The van der Waals surface area contributed by atoms with Crippen LogP contribution in [-0.2, 0) is 0 Å². The van der Waals surface area contributed by atoms with Gasteiger partial charge < -0.3 is 5.32 Å². The third kappa shape index (κ3) is 12.8. The second kappa shape index (κ2) is 15.2. The highest BCUT2D eigenvalue weighted by molar-refractivity contribution is 4.95. The van der Waals surface area contributed by atoms with E-state index in [1.165, 1.54) is 0 Å². The molecule has 0 fully saturated rings. The Bertz CT molecular complexity index is 180. The van der Waals surface area contributed by atoms with Gasteiger partial charge in [-0.1, -0.05) is 38.2 Å². The molecule has 0 aromatic rings. The van der Waals surface area contributed by atoms with Gasteiger partial charge in [0.15, 0.2) is 0 Å². The summed E-state index contributed by atoms with van der Waals surface area (Å²) in [5.41, 5.74) is 0. The SMILES string of the molecule is C=CCC/C=C/NC(C=C)CC=C.CC. The van der Waals surface area contributed by atoms with Gasteiger partial charge in [-0.3, -0.25) is 0 Å². The monoisotopic (exact) mass is 207 g/mol. The summed E-state index contributed by atoms with van der Waals surface area (Å²) in [7, 11) is 0. The third-order valence-electron chi connectivity index (χ3n) is 1.67. The molecule has 0 amide bonds. The van der Waals surface area contributed by atoms with Crippen LogP contribution >= 0.6 is 0 Å². The van der Waals surface area contributed by atoms with Crippen LogP contribution in [0.5, 0.6) is 0 Å². The van der Waals surface area contributed by atoms with E-state index in [2.05, 4.69) is 31.1 Å². The number of hydrogen-bond acceptors (Lipinski definition) is 1. The molecule has 0 saturated carbocycles. The van der Waals surface area contributed by atoms with Crippen LogP contribution in [-0.4, -0.2) is 6.04 Å². The van der Waals surface area contributed by atoms with E-state index in [0.29, 0.717) is 6.04 Å². The van der Waals surface area contributed by atoms with E-state index < -0.39 is 0 Å². The molecule has 0 heterocycles. The largest absolute Gasteiger partial charge is 0.385 e. The number of hydrogen-bond donors (Lipinski definition) is 1. The fourth-order valence-electron chi connectivity index (χ4n) is 0.901. The lowest BCUT2D eigenvalue weighted by Gasteiger charge is -2.09. The third-order valence-corrected chi connectivity index (χ3v) is 1.67. The van der Waals surface area contributed by atoms with Gasteiger partial charge in [0.1, 0.15) is 0 Å². The van der Waals surface area contributed by atoms with Crippen molar-refractivity contribution in [3.05, 3.63) is 50.2 Å². The van der Waals surface area contributed by atoms with Crippen LogP contribution < -0.4 is 5.32 Å². The molecule has 0 aromatic carbocycles. The van der Waals surface area contributed by atoms with E-state index in [1.807, 2.05) is 38.3 Å². The zero-order valence-electron chi connectivity index (χ0n) is 10.2. The fraction of sp³-hybridized carbons (Fsp3) is 0.429. The molecule has 1 heteroatoms. The van der Waals surface area contributed by atoms with Gasteiger partial charge in [-0.15, -0.1) is 19.7 Å². The van der Waals surface area contributed by atoms with E-state index in [-0.39, 0.29) is 0 Å². The summed E-state index contributed by atoms with van der Waals surface area (Å²) in [4.78, 5) is 0. The van der Waals surface area contributed by atoms with Crippen LogP contribution in [0.2, 0.25) is 0 Å². The zero-order valence-corrected chi connectivity index (χ0v) is 10.2. The molecule has 0 radical (unpaired) electrons. The predicted molar refractivity (Wildman–Crippen MR) is 71.9 cm³/mol. The Morgan fingerprint density at radius 2 is 1.73 bits per heavy atom. The van der Waals surface area contributed by atoms with Gasteiger partial charge in [-0.25, -0.2) is 0 Å². The van der Waals surface area contributed by atoms with Gasteiger partial charge >= 0.3 is 0 Å². The Morgan fingerprint density at radius 3 is 2.20 bits per heavy atom. The van der Waals surface area contributed by atoms with Crippen molar-refractivity contribution in [1.29, 1.82) is 0 Å². The Hall–Kier alpha value is -1.24. The molecular weight excluding hydrogens is 182 g/mol. The Labute approximate surface area is 95.3 Å². The summed E-state index contributed by atoms with van der Waals surface area (Å²) in [5, 5.41) is 3.23. The molecule has 0 rings (SSSR count). The normalized spacial score (nSPS) is 11.1. The topological polar surface area (TPSA) is 12.0 Å². The highest BCUT2D eigenvalue weighted by Crippen LogP contribution is 1.95. The molecule has 0 aliphatic carbocycles. The average molecular weight is 207 g/mol. The lowest BCUT2D eigenvalue weighted by Crippen LogP contribution is -2.20. The van der Waals surface area contributed by atoms with E-state index in [0.717, 1.165) is 19.3 Å². The number of unbranched alkanes of at least 4 members (excludes halogenated alkanes) is 1. The van der Waals surface area contributed by atoms with Crippen molar-refractivity contribution in [3.8, 4) is 0 Å². The molecule has 0 aliphatic rings. The van der Waals surface area contributed by atoms with Crippen LogP contribution in [0.4, 0.5) is 0 Å². The Morgan fingerprint density at radius 1 is 1.07 bits per heavy atom. The first kappa shape index (κ1) is 16.2. The maximum Gasteiger partial charge on any atom is 0.0470 e. The first-order valence-electron chi connectivity index (χ1n) is 5.60. The molecule has 0 aliphatic heterocycles. The van der Waals surface area contributed by atoms with Gasteiger partial charge in [0, 0.05) is 6.04 Å². The van der Waals surface area contributed by atoms with Gasteiger partial charge in [0.25, 0.3) is 0 Å². The maximum absolute atomic E-state index is 3.73. The second-order valence-corrected chi connectivity index (χ2v) is 2.80. The van der Waals surface area contributed by atoms with E-state index >= 15 is 0 Å². The minimum atomic E-state index is 0.303. The molecular formula is C14H25N. The smallest absolute Gasteiger partial charge is 0.0470 e. The van der Waals surface area contributed by atoms with Crippen LogP contribution in [0.3, 0.4) is 0 Å². The number of rotatable bonds is 8. The van der Waals surface area contributed by atoms with Crippen LogP contribution in [0.1, 0.15) is 33.1 Å². The Balaban J connectivity index is 0. The van der Waals surface area contributed by atoms with E-state index in [9.17, 15) is 0 Å². The quantitative estimate of drug-likeness (QED) is 0.464. The van der Waals surface area contributed by atoms with Gasteiger partial charge in [0.2, 0.25) is 0 Å². The highest BCUT2D eigenvalue weighted by atomic mass is 14.9. The minimum absolute atomic E-state index is 0.303. The first-order valence-corrected chi connectivity index (χ1v) is 5.60. The summed E-state index contributed by atoms with van der Waals surface area (Å²) in [6, 6.07) is 0.303. The van der Waals surface area contributed by atoms with Crippen molar-refractivity contribution in [2.45, 2.75) is 39.2 Å². The lowest BCUT2D eigenvalue weighted by atomic mass is 10.2. The molecule has 1 nitrogen and oxygen atoms in total. The summed E-state index contributed by atoms with van der Waals surface area (Å²) < 4.78 is 0. The minimum Gasteiger partial charge on any atom is -0.385 e. The zero-order chi connectivity index (χ0) is 11.9. The molecule has 0 aromatic heterocycles. The molecule has 1 unspecified atom stereocenters. The van der Waals surface area contributed by atoms with E-state index in [4.69, 9.17) is 0 Å². The van der Waals surface area contributed by atoms with Crippen LogP contribution in [0.25, 0.3) is 0 Å². The summed E-state index contributed by atoms with van der Waals surface area (Å²) in [6.45, 7) is 15.1. The van der Waals surface area contributed by atoms with Crippen molar-refractivity contribution >= 4 is 0 Å². The maximum atomic E-state index is 3.73. The van der Waals surface area contributed by atoms with Crippen LogP contribution in [0, 0.1) is 0 Å². The summed E-state index contributed by atoms with van der Waals surface area (Å²) >= 11 is 0. The molecule has 86 valence electrons. The summed E-state index contributed by atoms with van der Waals surface area (Å²) in [6.07, 6.45) is 12.7. The molecule has 0 saturated heterocycles. The van der Waals surface area contributed by atoms with Crippen molar-refractivity contribution in [1.82, 2.24) is 5.32 Å². The van der Waals surface area contributed by atoms with Gasteiger partial charge in [-0.05, 0) is 25.5 Å². The lowest BCUT2D eigenvalue weighted by molar-refractivity contribution is 0.710. The van der Waals surface area contributed by atoms with E-state index in [1.54, 1.807) is 0 Å². The molecule has 0 bridgehead atoms. The Kier molecular flexibility index (Phi) is 16.5. The standard InChI is InChI=1S/C12H19N.C2H6/c1-4-7-8-9-11-13-12(6-3)10-5-2;1-2/h4-6,9,11-13H,1-3,7-8,10H2;1-2H3/b11-9+;. The van der Waals surface area contributed by atoms with Gasteiger partial charge in [0.05, 0.1) is 0 Å². The molecule has 1 atom stereocenters. The molecule has 15 heavy (non-hydrogen) atoms. The fourth-order valence-corrected chi connectivity index (χ4v) is 0.901. The predicted octanol–water partition coefficient (Wildman–Crippen LogP) is 4.21. The molecule has 0 spiro atoms. The van der Waals surface area contributed by atoms with Crippen molar-refractivity contribution in [2.24, 2.45) is 0 Å². The van der Waals surface area contributed by atoms with Crippen molar-refractivity contribution in [2.75, 3.05) is 0 Å². The van der Waals surface area contributed by atoms with Gasteiger partial charge in [-0.2, -0.15) is 0 Å². The first-order chi connectivity index (χ1) is 7.35. The average Bonchev–Trinajstić information content (AvgIpc) is 2.30. The molecule has 1 N–H and O–H groups in total. The number of allylic oxidation sites excluding steroid dienone is 2. The second-order valence-electron chi connectivity index (χ2n) is 2.80. The summed E-state index contributed by atoms with van der Waals surface area (Å²) in [5.74, 6) is 0. The highest BCUT2D eigenvalue weighted by Gasteiger charge is 1.94.